The first-order valence-corrected chi connectivity index (χ1v) is 13.1. The Morgan fingerprint density at radius 2 is 1.03 bits per heavy atom. The van der Waals surface area contributed by atoms with Crippen LogP contribution in [0.15, 0.2) is 91.0 Å². The van der Waals surface area contributed by atoms with Gasteiger partial charge in [-0.2, -0.15) is 0 Å². The van der Waals surface area contributed by atoms with Gasteiger partial charge in [-0.05, 0) is 19.4 Å². The van der Waals surface area contributed by atoms with Crippen molar-refractivity contribution in [3.05, 3.63) is 96.6 Å². The zero-order valence-corrected chi connectivity index (χ0v) is 18.5. The largest absolute Gasteiger partial charge is 0.346 e. The predicted molar refractivity (Wildman–Crippen MR) is 120 cm³/mol. The lowest BCUT2D eigenvalue weighted by atomic mass is 10.2. The molecule has 1 unspecified atom stereocenters. The van der Waals surface area contributed by atoms with Crippen LogP contribution in [0.25, 0.3) is 0 Å². The van der Waals surface area contributed by atoms with Crippen molar-refractivity contribution in [1.82, 2.24) is 0 Å². The summed E-state index contributed by atoms with van der Waals surface area (Å²) in [5.74, 6) is 0. The minimum Gasteiger partial charge on any atom is -0.312 e. The molecule has 152 valence electrons. The molecule has 0 fully saturated rings. The average molecular weight is 428 g/mol. The summed E-state index contributed by atoms with van der Waals surface area (Å²) in [7, 11) is -7.22. The van der Waals surface area contributed by atoms with Crippen molar-refractivity contribution < 1.29 is 18.2 Å². The lowest BCUT2D eigenvalue weighted by molar-refractivity contribution is 0.217. The number of benzene rings is 3. The van der Waals surface area contributed by atoms with Crippen molar-refractivity contribution in [2.45, 2.75) is 19.2 Å². The molecule has 0 saturated heterocycles. The van der Waals surface area contributed by atoms with Crippen LogP contribution >= 0.6 is 14.7 Å². The lowest BCUT2D eigenvalue weighted by Gasteiger charge is -2.33. The topological polar surface area (TPSA) is 52.6 Å². The summed E-state index contributed by atoms with van der Waals surface area (Å²) >= 11 is 0. The molecular weight excluding hydrogens is 402 g/mol. The van der Waals surface area contributed by atoms with Gasteiger partial charge in [0.1, 0.15) is 5.40 Å². The van der Waals surface area contributed by atoms with E-state index in [4.69, 9.17) is 9.05 Å². The molecule has 0 spiro atoms. The molecule has 0 amide bonds. The maximum absolute atomic E-state index is 15.0. The first kappa shape index (κ1) is 21.7. The van der Waals surface area contributed by atoms with Gasteiger partial charge in [-0.3, -0.25) is 4.57 Å². The summed E-state index contributed by atoms with van der Waals surface area (Å²) in [4.78, 5) is 0. The molecule has 3 aromatic rings. The molecule has 0 bridgehead atoms. The van der Waals surface area contributed by atoms with Gasteiger partial charge in [-0.25, -0.2) is 0 Å². The highest BCUT2D eigenvalue weighted by Gasteiger charge is 2.51. The van der Waals surface area contributed by atoms with Crippen LogP contribution in [0.3, 0.4) is 0 Å². The van der Waals surface area contributed by atoms with E-state index < -0.39 is 20.1 Å². The standard InChI is InChI=1S/C23H26O4P2/c1-3-26-29(25,27-4-2)23(20-14-8-5-9-15-20)28(24,21-16-10-6-11-17-21)22-18-12-7-13-19-22/h5-19,23H,3-4H2,1-2H3. The SMILES string of the molecule is CCOP(=O)(OCC)C(c1ccccc1)P(=O)(c1ccccc1)c1ccccc1. The van der Waals surface area contributed by atoms with Gasteiger partial charge in [0.2, 0.25) is 0 Å². The summed E-state index contributed by atoms with van der Waals surface area (Å²) in [6.45, 7) is 3.93. The molecule has 4 nitrogen and oxygen atoms in total. The Morgan fingerprint density at radius 3 is 1.41 bits per heavy atom. The Labute approximate surface area is 172 Å². The summed E-state index contributed by atoms with van der Waals surface area (Å²) in [5.41, 5.74) is 0.675. The van der Waals surface area contributed by atoms with E-state index >= 15 is 0 Å². The third-order valence-corrected chi connectivity index (χ3v) is 11.7. The van der Waals surface area contributed by atoms with Crippen molar-refractivity contribution >= 4 is 25.3 Å². The third-order valence-electron chi connectivity index (χ3n) is 4.64. The molecule has 0 saturated carbocycles. The van der Waals surface area contributed by atoms with Crippen molar-refractivity contribution in [1.29, 1.82) is 0 Å². The van der Waals surface area contributed by atoms with E-state index in [2.05, 4.69) is 0 Å². The molecule has 29 heavy (non-hydrogen) atoms. The fraction of sp³-hybridized carbons (Fsp3) is 0.217. The second kappa shape index (κ2) is 9.69. The maximum atomic E-state index is 15.0. The number of rotatable bonds is 9. The average Bonchev–Trinajstić information content (AvgIpc) is 2.76. The third kappa shape index (κ3) is 4.47. The van der Waals surface area contributed by atoms with Crippen LogP contribution in [0.1, 0.15) is 24.8 Å². The van der Waals surface area contributed by atoms with Crippen molar-refractivity contribution in [2.24, 2.45) is 0 Å². The van der Waals surface area contributed by atoms with Crippen molar-refractivity contribution in [2.75, 3.05) is 13.2 Å². The first-order valence-electron chi connectivity index (χ1n) is 9.71. The van der Waals surface area contributed by atoms with Gasteiger partial charge in [0, 0.05) is 10.6 Å². The minimum absolute atomic E-state index is 0.199. The molecule has 3 aromatic carbocycles. The molecular formula is C23H26O4P2. The second-order valence-corrected chi connectivity index (χ2v) is 11.9. The van der Waals surface area contributed by atoms with Crippen LogP contribution in [-0.2, 0) is 18.2 Å². The van der Waals surface area contributed by atoms with Gasteiger partial charge < -0.3 is 13.6 Å². The fourth-order valence-electron chi connectivity index (χ4n) is 3.49. The zero-order chi connectivity index (χ0) is 20.7. The smallest absolute Gasteiger partial charge is 0.312 e. The first-order chi connectivity index (χ1) is 14.1. The van der Waals surface area contributed by atoms with Crippen molar-refractivity contribution in [3.63, 3.8) is 0 Å². The predicted octanol–water partition coefficient (Wildman–Crippen LogP) is 5.97. The summed E-state index contributed by atoms with van der Waals surface area (Å²) < 4.78 is 40.5. The maximum Gasteiger partial charge on any atom is 0.346 e. The van der Waals surface area contributed by atoms with Crippen LogP contribution in [0, 0.1) is 0 Å². The van der Waals surface area contributed by atoms with Crippen molar-refractivity contribution in [3.8, 4) is 0 Å². The summed E-state index contributed by atoms with van der Waals surface area (Å²) in [6.07, 6.45) is 0. The number of hydrogen-bond acceptors (Lipinski definition) is 4. The molecule has 0 aliphatic carbocycles. The van der Waals surface area contributed by atoms with E-state index in [0.29, 0.717) is 16.2 Å². The fourth-order valence-corrected chi connectivity index (χ4v) is 10.6. The molecule has 0 aromatic heterocycles. The molecule has 6 heteroatoms. The Morgan fingerprint density at radius 1 is 0.655 bits per heavy atom. The van der Waals surface area contributed by atoms with Gasteiger partial charge in [0.15, 0.2) is 7.14 Å². The lowest BCUT2D eigenvalue weighted by Crippen LogP contribution is -2.23. The Bertz CT molecular complexity index is 938. The molecule has 3 rings (SSSR count). The van der Waals surface area contributed by atoms with E-state index in [1.807, 2.05) is 91.0 Å². The molecule has 0 radical (unpaired) electrons. The minimum atomic E-state index is -3.77. The Hall–Kier alpha value is -1.96. The molecule has 1 atom stereocenters. The van der Waals surface area contributed by atoms with Gasteiger partial charge in [0.05, 0.1) is 13.2 Å². The molecule has 0 aliphatic heterocycles. The number of hydrogen-bond donors (Lipinski definition) is 0. The molecule has 0 heterocycles. The highest BCUT2D eigenvalue weighted by atomic mass is 31.2. The molecule has 0 aliphatic rings. The van der Waals surface area contributed by atoms with Crippen LogP contribution in [0.5, 0.6) is 0 Å². The van der Waals surface area contributed by atoms with Gasteiger partial charge in [0.25, 0.3) is 0 Å². The van der Waals surface area contributed by atoms with E-state index in [9.17, 15) is 9.13 Å². The highest BCUT2D eigenvalue weighted by Crippen LogP contribution is 2.76. The van der Waals surface area contributed by atoms with Crippen LogP contribution < -0.4 is 10.6 Å². The summed E-state index contributed by atoms with van der Waals surface area (Å²) in [6, 6.07) is 27.7. The van der Waals surface area contributed by atoms with Gasteiger partial charge >= 0.3 is 7.60 Å². The van der Waals surface area contributed by atoms with E-state index in [1.54, 1.807) is 13.8 Å². The zero-order valence-electron chi connectivity index (χ0n) is 16.7. The van der Waals surface area contributed by atoms with Crippen LogP contribution in [0.4, 0.5) is 0 Å². The van der Waals surface area contributed by atoms with Gasteiger partial charge in [-0.1, -0.05) is 91.0 Å². The van der Waals surface area contributed by atoms with E-state index in [-0.39, 0.29) is 13.2 Å². The Kier molecular flexibility index (Phi) is 7.27. The van der Waals surface area contributed by atoms with E-state index in [0.717, 1.165) is 0 Å². The molecule has 0 N–H and O–H groups in total. The highest BCUT2D eigenvalue weighted by molar-refractivity contribution is 7.87. The van der Waals surface area contributed by atoms with Crippen LogP contribution in [-0.4, -0.2) is 13.2 Å². The Balaban J connectivity index is 2.35. The quantitative estimate of drug-likeness (QED) is 0.394. The van der Waals surface area contributed by atoms with Gasteiger partial charge in [-0.15, -0.1) is 0 Å². The van der Waals surface area contributed by atoms with Crippen LogP contribution in [0.2, 0.25) is 0 Å². The van der Waals surface area contributed by atoms with E-state index in [1.165, 1.54) is 0 Å². The summed E-state index contributed by atoms with van der Waals surface area (Å²) in [5, 5.41) is 0.306. The monoisotopic (exact) mass is 428 g/mol. The normalized spacial score (nSPS) is 13.2. The second-order valence-electron chi connectivity index (χ2n) is 6.49.